The van der Waals surface area contributed by atoms with Crippen LogP contribution in [0.5, 0.6) is 0 Å². The first kappa shape index (κ1) is 17.0. The summed E-state index contributed by atoms with van der Waals surface area (Å²) in [5.74, 6) is 0. The largest absolute Gasteiger partial charge is 0.316 e. The zero-order valence-corrected chi connectivity index (χ0v) is 14.5. The minimum absolute atomic E-state index is 0.0643. The molecule has 0 spiro atoms. The summed E-state index contributed by atoms with van der Waals surface area (Å²) in [6, 6.07) is 3.17. The number of hydrogen-bond donors (Lipinski definition) is 1. The van der Waals surface area contributed by atoms with E-state index in [1.165, 1.54) is 6.07 Å². The van der Waals surface area contributed by atoms with Crippen molar-refractivity contribution in [2.75, 3.05) is 13.6 Å². The van der Waals surface area contributed by atoms with Gasteiger partial charge < -0.3 is 5.32 Å². The second kappa shape index (κ2) is 6.84. The molecular formula is C14H20Cl2N2O2S. The first-order valence-corrected chi connectivity index (χ1v) is 9.26. The lowest BCUT2D eigenvalue weighted by Crippen LogP contribution is -2.35. The Balaban J connectivity index is 2.48. The Bertz CT molecular complexity index is 620. The molecular weight excluding hydrogens is 331 g/mol. The number of sulfonamides is 1. The summed E-state index contributed by atoms with van der Waals surface area (Å²) in [4.78, 5) is 0.152. The van der Waals surface area contributed by atoms with E-state index in [1.54, 1.807) is 17.4 Å². The van der Waals surface area contributed by atoms with Crippen LogP contribution in [0.1, 0.15) is 31.7 Å². The van der Waals surface area contributed by atoms with E-state index in [9.17, 15) is 8.42 Å². The van der Waals surface area contributed by atoms with Crippen molar-refractivity contribution in [2.24, 2.45) is 0 Å². The molecule has 0 amide bonds. The molecule has 1 unspecified atom stereocenters. The lowest BCUT2D eigenvalue weighted by molar-refractivity contribution is 0.379. The van der Waals surface area contributed by atoms with Crippen LogP contribution in [-0.2, 0) is 16.6 Å². The second-order valence-corrected chi connectivity index (χ2v) is 7.83. The number of hydrogen-bond acceptors (Lipinski definition) is 3. The van der Waals surface area contributed by atoms with E-state index in [1.807, 2.05) is 6.92 Å². The Labute approximate surface area is 136 Å². The SMILES string of the molecule is CCC1CCCN1S(=O)(=O)c1ccc(Cl)c(CNC)c1Cl. The minimum Gasteiger partial charge on any atom is -0.316 e. The van der Waals surface area contributed by atoms with Crippen molar-refractivity contribution in [3.8, 4) is 0 Å². The van der Waals surface area contributed by atoms with Gasteiger partial charge in [0, 0.05) is 29.7 Å². The zero-order valence-electron chi connectivity index (χ0n) is 12.2. The Morgan fingerprint density at radius 2 is 2.10 bits per heavy atom. The Hall–Kier alpha value is -0.330. The minimum atomic E-state index is -3.57. The van der Waals surface area contributed by atoms with Gasteiger partial charge in [-0.25, -0.2) is 8.42 Å². The molecule has 0 bridgehead atoms. The normalized spacial score (nSPS) is 20.1. The van der Waals surface area contributed by atoms with Gasteiger partial charge in [0.15, 0.2) is 0 Å². The van der Waals surface area contributed by atoms with Gasteiger partial charge in [-0.15, -0.1) is 0 Å². The van der Waals surface area contributed by atoms with E-state index in [4.69, 9.17) is 23.2 Å². The van der Waals surface area contributed by atoms with E-state index in [0.717, 1.165) is 19.3 Å². The molecule has 118 valence electrons. The van der Waals surface area contributed by atoms with Gasteiger partial charge in [-0.1, -0.05) is 30.1 Å². The van der Waals surface area contributed by atoms with E-state index < -0.39 is 10.0 Å². The molecule has 1 aliphatic heterocycles. The summed E-state index contributed by atoms with van der Waals surface area (Å²) in [6.07, 6.45) is 2.62. The molecule has 1 saturated heterocycles. The lowest BCUT2D eigenvalue weighted by Gasteiger charge is -2.24. The van der Waals surface area contributed by atoms with E-state index in [-0.39, 0.29) is 16.0 Å². The van der Waals surface area contributed by atoms with Crippen LogP contribution >= 0.6 is 23.2 Å². The quantitative estimate of drug-likeness (QED) is 0.886. The highest BCUT2D eigenvalue weighted by molar-refractivity contribution is 7.89. The number of nitrogens with one attached hydrogen (secondary N) is 1. The maximum absolute atomic E-state index is 12.9. The van der Waals surface area contributed by atoms with Crippen LogP contribution in [-0.4, -0.2) is 32.4 Å². The first-order valence-electron chi connectivity index (χ1n) is 7.06. The molecule has 1 heterocycles. The molecule has 1 aromatic carbocycles. The van der Waals surface area contributed by atoms with Crippen LogP contribution in [0.3, 0.4) is 0 Å². The van der Waals surface area contributed by atoms with Gasteiger partial charge in [-0.3, -0.25) is 0 Å². The monoisotopic (exact) mass is 350 g/mol. The maximum Gasteiger partial charge on any atom is 0.244 e. The summed E-state index contributed by atoms with van der Waals surface area (Å²) in [7, 11) is -1.81. The van der Waals surface area contributed by atoms with Gasteiger partial charge in [0.25, 0.3) is 0 Å². The Morgan fingerprint density at radius 1 is 1.38 bits per heavy atom. The molecule has 1 N–H and O–H groups in total. The summed E-state index contributed by atoms with van der Waals surface area (Å²) in [5.41, 5.74) is 0.620. The van der Waals surface area contributed by atoms with Gasteiger partial charge in [-0.05, 0) is 38.4 Å². The maximum atomic E-state index is 12.9. The van der Waals surface area contributed by atoms with Crippen molar-refractivity contribution in [2.45, 2.75) is 43.7 Å². The van der Waals surface area contributed by atoms with Crippen LogP contribution in [0, 0.1) is 0 Å². The third-order valence-corrected chi connectivity index (χ3v) is 6.78. The highest BCUT2D eigenvalue weighted by Gasteiger charge is 2.35. The molecule has 1 aliphatic rings. The molecule has 1 fully saturated rings. The molecule has 7 heteroatoms. The molecule has 0 aromatic heterocycles. The molecule has 2 rings (SSSR count). The first-order chi connectivity index (χ1) is 9.93. The van der Waals surface area contributed by atoms with Crippen LogP contribution < -0.4 is 5.32 Å². The summed E-state index contributed by atoms with van der Waals surface area (Å²) in [6.45, 7) is 2.99. The molecule has 21 heavy (non-hydrogen) atoms. The average molecular weight is 351 g/mol. The predicted molar refractivity (Wildman–Crippen MR) is 86.4 cm³/mol. The van der Waals surface area contributed by atoms with E-state index in [2.05, 4.69) is 5.32 Å². The number of rotatable bonds is 5. The number of benzene rings is 1. The number of halogens is 2. The standard InChI is InChI=1S/C14H20Cl2N2O2S/c1-3-10-5-4-8-18(10)21(19,20)13-7-6-12(15)11(9-17-2)14(13)16/h6-7,10,17H,3-5,8-9H2,1-2H3. The smallest absolute Gasteiger partial charge is 0.244 e. The van der Waals surface area contributed by atoms with Gasteiger partial charge in [-0.2, -0.15) is 4.31 Å². The molecule has 0 aliphatic carbocycles. The zero-order chi connectivity index (χ0) is 15.6. The average Bonchev–Trinajstić information content (AvgIpc) is 2.92. The van der Waals surface area contributed by atoms with Crippen molar-refractivity contribution in [3.63, 3.8) is 0 Å². The number of nitrogens with zero attached hydrogens (tertiary/aromatic N) is 1. The van der Waals surface area contributed by atoms with E-state index >= 15 is 0 Å². The third kappa shape index (κ3) is 3.22. The second-order valence-electron chi connectivity index (χ2n) is 5.19. The van der Waals surface area contributed by atoms with Crippen molar-refractivity contribution < 1.29 is 8.42 Å². The molecule has 4 nitrogen and oxygen atoms in total. The van der Waals surface area contributed by atoms with Crippen molar-refractivity contribution in [1.82, 2.24) is 9.62 Å². The van der Waals surface area contributed by atoms with Gasteiger partial charge in [0.1, 0.15) is 4.90 Å². The fraction of sp³-hybridized carbons (Fsp3) is 0.571. The summed E-state index contributed by atoms with van der Waals surface area (Å²) < 4.78 is 27.3. The van der Waals surface area contributed by atoms with Crippen LogP contribution in [0.25, 0.3) is 0 Å². The topological polar surface area (TPSA) is 49.4 Å². The summed E-state index contributed by atoms with van der Waals surface area (Å²) in [5, 5.41) is 3.65. The van der Waals surface area contributed by atoms with E-state index in [0.29, 0.717) is 23.7 Å². The van der Waals surface area contributed by atoms with Gasteiger partial charge in [0.05, 0.1) is 5.02 Å². The Morgan fingerprint density at radius 3 is 2.71 bits per heavy atom. The lowest BCUT2D eigenvalue weighted by atomic mass is 10.2. The van der Waals surface area contributed by atoms with Crippen molar-refractivity contribution >= 4 is 33.2 Å². The Kier molecular flexibility index (Phi) is 5.54. The van der Waals surface area contributed by atoms with Crippen LogP contribution in [0.4, 0.5) is 0 Å². The molecule has 1 aromatic rings. The molecule has 1 atom stereocenters. The fourth-order valence-electron chi connectivity index (χ4n) is 2.77. The highest BCUT2D eigenvalue weighted by atomic mass is 35.5. The molecule has 0 saturated carbocycles. The van der Waals surface area contributed by atoms with Crippen LogP contribution in [0.2, 0.25) is 10.0 Å². The fourth-order valence-corrected chi connectivity index (χ4v) is 5.43. The van der Waals surface area contributed by atoms with Gasteiger partial charge >= 0.3 is 0 Å². The molecule has 0 radical (unpaired) electrons. The predicted octanol–water partition coefficient (Wildman–Crippen LogP) is 3.28. The van der Waals surface area contributed by atoms with Crippen molar-refractivity contribution in [1.29, 1.82) is 0 Å². The van der Waals surface area contributed by atoms with Crippen LogP contribution in [0.15, 0.2) is 17.0 Å². The van der Waals surface area contributed by atoms with Crippen molar-refractivity contribution in [3.05, 3.63) is 27.7 Å². The summed E-state index contributed by atoms with van der Waals surface area (Å²) >= 11 is 12.4. The van der Waals surface area contributed by atoms with Gasteiger partial charge in [0.2, 0.25) is 10.0 Å². The highest BCUT2D eigenvalue weighted by Crippen LogP contribution is 2.35. The third-order valence-electron chi connectivity index (χ3n) is 3.89.